The Balaban J connectivity index is 0. The molecule has 0 saturated heterocycles. The Labute approximate surface area is 85.4 Å². The van der Waals surface area contributed by atoms with Crippen molar-refractivity contribution < 1.29 is 13.0 Å². The summed E-state index contributed by atoms with van der Waals surface area (Å²) < 4.78 is 27.5. The number of rotatable bonds is 2. The Kier molecular flexibility index (Phi) is 7.37. The molecule has 0 heterocycles. The normalized spacial score (nSPS) is 14.1. The van der Waals surface area contributed by atoms with Crippen LogP contribution in [0.1, 0.15) is 13.3 Å². The molecule has 0 radical (unpaired) electrons. The van der Waals surface area contributed by atoms with Crippen LogP contribution in [0.25, 0.3) is 0 Å². The summed E-state index contributed by atoms with van der Waals surface area (Å²) in [6, 6.07) is 0. The van der Waals surface area contributed by atoms with E-state index < -0.39 is 14.3 Å². The van der Waals surface area contributed by atoms with Crippen molar-refractivity contribution in [1.82, 2.24) is 0 Å². The Morgan fingerprint density at radius 2 is 2.00 bits per heavy atom. The van der Waals surface area contributed by atoms with Gasteiger partial charge in [0.15, 0.2) is 0 Å². The average Bonchev–Trinajstić information content (AvgIpc) is 1.62. The molecule has 1 unspecified atom stereocenters. The predicted molar refractivity (Wildman–Crippen MR) is 41.7 cm³/mol. The quantitative estimate of drug-likeness (QED) is 0.421. The van der Waals surface area contributed by atoms with E-state index >= 15 is 0 Å². The predicted octanol–water partition coefficient (Wildman–Crippen LogP) is 0.357. The van der Waals surface area contributed by atoms with E-state index in [-0.39, 0.29) is 29.6 Å². The zero-order valence-electron chi connectivity index (χ0n) is 4.33. The molecule has 6 heteroatoms. The van der Waals surface area contributed by atoms with E-state index in [1.165, 1.54) is 0 Å². The van der Waals surface area contributed by atoms with Gasteiger partial charge in [0.1, 0.15) is 4.16 Å². The van der Waals surface area contributed by atoms with Crippen molar-refractivity contribution in [3.63, 3.8) is 0 Å². The molecule has 52 valence electrons. The first-order valence-corrected chi connectivity index (χ1v) is 4.50. The van der Waals surface area contributed by atoms with E-state index in [9.17, 15) is 8.42 Å². The minimum atomic E-state index is -3.84. The van der Waals surface area contributed by atoms with Crippen LogP contribution in [-0.4, -0.2) is 46.7 Å². The van der Waals surface area contributed by atoms with E-state index in [4.69, 9.17) is 4.55 Å². The van der Waals surface area contributed by atoms with E-state index in [1.54, 1.807) is 6.92 Å². The van der Waals surface area contributed by atoms with Gasteiger partial charge < -0.3 is 0 Å². The third kappa shape index (κ3) is 5.82. The first-order chi connectivity index (χ1) is 3.48. The van der Waals surface area contributed by atoms with Gasteiger partial charge in [0.2, 0.25) is 0 Å². The maximum absolute atomic E-state index is 10.1. The second kappa shape index (κ2) is 5.09. The Bertz CT molecular complexity index is 154. The van der Waals surface area contributed by atoms with Crippen molar-refractivity contribution in [2.24, 2.45) is 0 Å². The second-order valence-electron chi connectivity index (χ2n) is 1.33. The fraction of sp³-hybridized carbons (Fsp3) is 1.00. The van der Waals surface area contributed by atoms with Gasteiger partial charge in [-0.25, -0.2) is 0 Å². The molecular weight excluding hydrogens is 219 g/mol. The summed E-state index contributed by atoms with van der Waals surface area (Å²) in [6.45, 7) is 1.66. The summed E-state index contributed by atoms with van der Waals surface area (Å²) in [5.41, 5.74) is 0. The molecule has 0 fully saturated rings. The van der Waals surface area contributed by atoms with Crippen LogP contribution in [0, 0.1) is 0 Å². The summed E-state index contributed by atoms with van der Waals surface area (Å²) in [5, 5.41) is 0. The van der Waals surface area contributed by atoms with Crippen LogP contribution in [0.4, 0.5) is 0 Å². The zero-order valence-corrected chi connectivity index (χ0v) is 6.74. The molecule has 0 aliphatic carbocycles. The second-order valence-corrected chi connectivity index (χ2v) is 4.64. The molecule has 0 aromatic carbocycles. The molecule has 0 aromatic rings. The van der Waals surface area contributed by atoms with Crippen LogP contribution in [-0.2, 0) is 10.1 Å². The molecule has 0 rings (SSSR count). The summed E-state index contributed by atoms with van der Waals surface area (Å²) in [4.78, 5) is 0. The Hall–Kier alpha value is 1.39. The monoisotopic (exact) mass is 226 g/mol. The fourth-order valence-electron chi connectivity index (χ4n) is 0.211. The van der Waals surface area contributed by atoms with Crippen LogP contribution in [0.3, 0.4) is 0 Å². The van der Waals surface area contributed by atoms with Crippen LogP contribution in [0.15, 0.2) is 0 Å². The van der Waals surface area contributed by atoms with Gasteiger partial charge >= 0.3 is 29.6 Å². The van der Waals surface area contributed by atoms with Crippen molar-refractivity contribution in [2.75, 3.05) is 0 Å². The van der Waals surface area contributed by atoms with Gasteiger partial charge in [-0.1, -0.05) is 22.9 Å². The number of halogens is 1. The third-order valence-electron chi connectivity index (χ3n) is 0.644. The standard InChI is InChI=1S/C3H7BrO3S.Na.H/c1-2-3(4)8(5,6)7;;/h3H,2H2,1H3,(H,5,6,7);;. The van der Waals surface area contributed by atoms with Crippen molar-refractivity contribution in [2.45, 2.75) is 17.5 Å². The van der Waals surface area contributed by atoms with Crippen molar-refractivity contribution in [3.8, 4) is 0 Å². The molecule has 3 nitrogen and oxygen atoms in total. The molecule has 0 aliphatic heterocycles. The molecule has 0 saturated carbocycles. The van der Waals surface area contributed by atoms with Gasteiger partial charge in [-0.3, -0.25) is 4.55 Å². The Morgan fingerprint density at radius 1 is 1.67 bits per heavy atom. The van der Waals surface area contributed by atoms with Crippen molar-refractivity contribution in [1.29, 1.82) is 0 Å². The summed E-state index contributed by atoms with van der Waals surface area (Å²) in [6.07, 6.45) is 0.374. The SMILES string of the molecule is CCC(Br)S(=O)(=O)O.[NaH]. The molecule has 9 heavy (non-hydrogen) atoms. The molecule has 0 amide bonds. The molecule has 0 aromatic heterocycles. The first-order valence-electron chi connectivity index (χ1n) is 2.09. The maximum atomic E-state index is 10.1. The van der Waals surface area contributed by atoms with Gasteiger partial charge in [0.25, 0.3) is 10.1 Å². The Morgan fingerprint density at radius 3 is 2.00 bits per heavy atom. The summed E-state index contributed by atoms with van der Waals surface area (Å²) in [7, 11) is -3.84. The van der Waals surface area contributed by atoms with Crippen LogP contribution in [0.2, 0.25) is 0 Å². The zero-order chi connectivity index (χ0) is 6.78. The number of hydrogen-bond donors (Lipinski definition) is 1. The van der Waals surface area contributed by atoms with E-state index in [0.717, 1.165) is 0 Å². The van der Waals surface area contributed by atoms with E-state index in [1.807, 2.05) is 0 Å². The topological polar surface area (TPSA) is 54.4 Å². The minimum absolute atomic E-state index is 0. The van der Waals surface area contributed by atoms with Gasteiger partial charge in [0, 0.05) is 0 Å². The number of alkyl halides is 1. The first kappa shape index (κ1) is 13.0. The van der Waals surface area contributed by atoms with E-state index in [2.05, 4.69) is 15.9 Å². The van der Waals surface area contributed by atoms with Crippen LogP contribution in [0.5, 0.6) is 0 Å². The van der Waals surface area contributed by atoms with Crippen LogP contribution >= 0.6 is 15.9 Å². The molecule has 0 aliphatic rings. The number of hydrogen-bond acceptors (Lipinski definition) is 2. The molecular formula is C3H8BrNaO3S. The molecule has 0 bridgehead atoms. The van der Waals surface area contributed by atoms with Gasteiger partial charge in [-0.05, 0) is 6.42 Å². The van der Waals surface area contributed by atoms with Gasteiger partial charge in [0.05, 0.1) is 0 Å². The summed E-state index contributed by atoms with van der Waals surface area (Å²) in [5.74, 6) is 0. The molecule has 1 N–H and O–H groups in total. The van der Waals surface area contributed by atoms with Crippen molar-refractivity contribution in [3.05, 3.63) is 0 Å². The molecule has 0 spiro atoms. The third-order valence-corrected chi connectivity index (χ3v) is 3.69. The fourth-order valence-corrected chi connectivity index (χ4v) is 0.632. The average molecular weight is 227 g/mol. The van der Waals surface area contributed by atoms with Gasteiger partial charge in [-0.15, -0.1) is 0 Å². The van der Waals surface area contributed by atoms with Crippen molar-refractivity contribution >= 4 is 55.6 Å². The van der Waals surface area contributed by atoms with E-state index in [0.29, 0.717) is 6.42 Å². The van der Waals surface area contributed by atoms with Crippen LogP contribution < -0.4 is 0 Å². The van der Waals surface area contributed by atoms with Gasteiger partial charge in [-0.2, -0.15) is 8.42 Å². The molecule has 1 atom stereocenters. The summed E-state index contributed by atoms with van der Waals surface area (Å²) >= 11 is 2.76.